The van der Waals surface area contributed by atoms with Crippen molar-refractivity contribution in [1.82, 2.24) is 10.6 Å². The third-order valence-corrected chi connectivity index (χ3v) is 2.78. The van der Waals surface area contributed by atoms with Crippen molar-refractivity contribution in [3.05, 3.63) is 24.3 Å². The highest BCUT2D eigenvalue weighted by molar-refractivity contribution is 5.95. The normalized spacial score (nSPS) is 13.4. The standard InChI is InChI=1S/C14H19N3O3/c1-2-20-12-6-4-3-5-11(12)17-13(18)9-15-14(19)16-10-7-8-10/h3-6,10H,2,7-9H2,1H3,(H,17,18)(H2,15,16,19). The molecule has 108 valence electrons. The summed E-state index contributed by atoms with van der Waals surface area (Å²) in [5.41, 5.74) is 0.601. The van der Waals surface area contributed by atoms with E-state index in [9.17, 15) is 9.59 Å². The highest BCUT2D eigenvalue weighted by atomic mass is 16.5. The predicted molar refractivity (Wildman–Crippen MR) is 75.8 cm³/mol. The van der Waals surface area contributed by atoms with Crippen LogP contribution in [0.15, 0.2) is 24.3 Å². The fourth-order valence-corrected chi connectivity index (χ4v) is 1.67. The van der Waals surface area contributed by atoms with E-state index >= 15 is 0 Å². The molecule has 0 spiro atoms. The Hall–Kier alpha value is -2.24. The van der Waals surface area contributed by atoms with E-state index in [4.69, 9.17) is 4.74 Å². The number of nitrogens with one attached hydrogen (secondary N) is 3. The quantitative estimate of drug-likeness (QED) is 0.737. The largest absolute Gasteiger partial charge is 0.492 e. The maximum Gasteiger partial charge on any atom is 0.315 e. The molecule has 0 saturated heterocycles. The maximum atomic E-state index is 11.8. The average molecular weight is 277 g/mol. The molecule has 3 amide bonds. The number of anilines is 1. The van der Waals surface area contributed by atoms with Crippen LogP contribution in [0.1, 0.15) is 19.8 Å². The van der Waals surface area contributed by atoms with Gasteiger partial charge in [0, 0.05) is 6.04 Å². The Bertz CT molecular complexity index is 486. The molecule has 3 N–H and O–H groups in total. The van der Waals surface area contributed by atoms with Crippen LogP contribution in [0.3, 0.4) is 0 Å². The van der Waals surface area contributed by atoms with Gasteiger partial charge >= 0.3 is 6.03 Å². The van der Waals surface area contributed by atoms with Crippen molar-refractivity contribution >= 4 is 17.6 Å². The number of urea groups is 1. The van der Waals surface area contributed by atoms with E-state index in [2.05, 4.69) is 16.0 Å². The van der Waals surface area contributed by atoms with Gasteiger partial charge in [-0.2, -0.15) is 0 Å². The zero-order chi connectivity index (χ0) is 14.4. The van der Waals surface area contributed by atoms with Gasteiger partial charge in [-0.15, -0.1) is 0 Å². The van der Waals surface area contributed by atoms with Crippen LogP contribution in [0.25, 0.3) is 0 Å². The number of para-hydroxylation sites is 2. The van der Waals surface area contributed by atoms with Gasteiger partial charge in [0.25, 0.3) is 0 Å². The second kappa shape index (κ2) is 6.79. The second-order valence-corrected chi connectivity index (χ2v) is 4.58. The SMILES string of the molecule is CCOc1ccccc1NC(=O)CNC(=O)NC1CC1. The molecular formula is C14H19N3O3. The summed E-state index contributed by atoms with van der Waals surface area (Å²) in [6, 6.07) is 7.16. The van der Waals surface area contributed by atoms with Crippen LogP contribution in [-0.2, 0) is 4.79 Å². The Kier molecular flexibility index (Phi) is 4.81. The summed E-state index contributed by atoms with van der Waals surface area (Å²) in [4.78, 5) is 23.2. The summed E-state index contributed by atoms with van der Waals surface area (Å²) in [6.07, 6.45) is 2.03. The Morgan fingerprint density at radius 3 is 2.75 bits per heavy atom. The fourth-order valence-electron chi connectivity index (χ4n) is 1.67. The van der Waals surface area contributed by atoms with Crippen molar-refractivity contribution in [2.45, 2.75) is 25.8 Å². The van der Waals surface area contributed by atoms with Crippen LogP contribution < -0.4 is 20.7 Å². The molecule has 0 heterocycles. The minimum absolute atomic E-state index is 0.0704. The van der Waals surface area contributed by atoms with Gasteiger partial charge in [-0.25, -0.2) is 4.79 Å². The average Bonchev–Trinajstić information content (AvgIpc) is 3.23. The van der Waals surface area contributed by atoms with Crippen molar-refractivity contribution in [1.29, 1.82) is 0 Å². The highest BCUT2D eigenvalue weighted by Crippen LogP contribution is 2.23. The lowest BCUT2D eigenvalue weighted by molar-refractivity contribution is -0.115. The summed E-state index contributed by atoms with van der Waals surface area (Å²) in [5.74, 6) is 0.328. The first-order valence-electron chi connectivity index (χ1n) is 6.75. The number of benzene rings is 1. The molecule has 1 saturated carbocycles. The molecular weight excluding hydrogens is 258 g/mol. The molecule has 6 heteroatoms. The number of hydrogen-bond donors (Lipinski definition) is 3. The van der Waals surface area contributed by atoms with Crippen LogP contribution in [-0.4, -0.2) is 31.1 Å². The first-order chi connectivity index (χ1) is 9.69. The molecule has 0 bridgehead atoms. The van der Waals surface area contributed by atoms with E-state index in [0.717, 1.165) is 12.8 Å². The highest BCUT2D eigenvalue weighted by Gasteiger charge is 2.23. The van der Waals surface area contributed by atoms with Crippen molar-refractivity contribution in [2.75, 3.05) is 18.5 Å². The second-order valence-electron chi connectivity index (χ2n) is 4.58. The molecule has 20 heavy (non-hydrogen) atoms. The maximum absolute atomic E-state index is 11.8. The van der Waals surface area contributed by atoms with Crippen LogP contribution >= 0.6 is 0 Å². The van der Waals surface area contributed by atoms with Gasteiger partial charge in [-0.1, -0.05) is 12.1 Å². The van der Waals surface area contributed by atoms with Gasteiger partial charge in [-0.05, 0) is 31.9 Å². The van der Waals surface area contributed by atoms with E-state index in [-0.39, 0.29) is 24.5 Å². The van der Waals surface area contributed by atoms with Gasteiger partial charge in [0.1, 0.15) is 5.75 Å². The van der Waals surface area contributed by atoms with E-state index in [0.29, 0.717) is 18.0 Å². The van der Waals surface area contributed by atoms with Gasteiger partial charge in [0.05, 0.1) is 18.8 Å². The third kappa shape index (κ3) is 4.46. The monoisotopic (exact) mass is 277 g/mol. The summed E-state index contributed by atoms with van der Waals surface area (Å²) in [7, 11) is 0. The molecule has 2 rings (SSSR count). The van der Waals surface area contributed by atoms with Gasteiger partial charge in [-0.3, -0.25) is 4.79 Å². The number of ether oxygens (including phenoxy) is 1. The fraction of sp³-hybridized carbons (Fsp3) is 0.429. The smallest absolute Gasteiger partial charge is 0.315 e. The summed E-state index contributed by atoms with van der Waals surface area (Å²) in [5, 5.41) is 7.99. The van der Waals surface area contributed by atoms with Crippen molar-refractivity contribution < 1.29 is 14.3 Å². The molecule has 6 nitrogen and oxygen atoms in total. The van der Waals surface area contributed by atoms with Gasteiger partial charge in [0.15, 0.2) is 0 Å². The molecule has 1 aromatic rings. The Balaban J connectivity index is 1.79. The van der Waals surface area contributed by atoms with Crippen LogP contribution in [0.5, 0.6) is 5.75 Å². The van der Waals surface area contributed by atoms with Gasteiger partial charge < -0.3 is 20.7 Å². The molecule has 0 radical (unpaired) electrons. The Labute approximate surface area is 117 Å². The van der Waals surface area contributed by atoms with E-state index in [1.54, 1.807) is 12.1 Å². The summed E-state index contributed by atoms with van der Waals surface area (Å²) < 4.78 is 5.41. The number of carbonyl (C=O) groups excluding carboxylic acids is 2. The molecule has 1 aliphatic carbocycles. The van der Waals surface area contributed by atoms with Crippen LogP contribution in [0, 0.1) is 0 Å². The van der Waals surface area contributed by atoms with E-state index in [1.807, 2.05) is 19.1 Å². The Morgan fingerprint density at radius 2 is 2.05 bits per heavy atom. The summed E-state index contributed by atoms with van der Waals surface area (Å²) in [6.45, 7) is 2.33. The zero-order valence-corrected chi connectivity index (χ0v) is 11.4. The zero-order valence-electron chi connectivity index (χ0n) is 11.4. The minimum atomic E-state index is -0.305. The number of amides is 3. The molecule has 0 aliphatic heterocycles. The molecule has 0 unspecified atom stereocenters. The van der Waals surface area contributed by atoms with E-state index in [1.165, 1.54) is 0 Å². The molecule has 1 fully saturated rings. The van der Waals surface area contributed by atoms with E-state index < -0.39 is 0 Å². The minimum Gasteiger partial charge on any atom is -0.492 e. The van der Waals surface area contributed by atoms with Crippen molar-refractivity contribution in [3.8, 4) is 5.75 Å². The van der Waals surface area contributed by atoms with Crippen molar-refractivity contribution in [3.63, 3.8) is 0 Å². The molecule has 0 atom stereocenters. The third-order valence-electron chi connectivity index (χ3n) is 2.78. The topological polar surface area (TPSA) is 79.5 Å². The number of carbonyl (C=O) groups is 2. The molecule has 0 aromatic heterocycles. The lowest BCUT2D eigenvalue weighted by atomic mass is 10.3. The van der Waals surface area contributed by atoms with Crippen LogP contribution in [0.4, 0.5) is 10.5 Å². The Morgan fingerprint density at radius 1 is 1.30 bits per heavy atom. The lowest BCUT2D eigenvalue weighted by Crippen LogP contribution is -2.40. The first-order valence-corrected chi connectivity index (χ1v) is 6.75. The molecule has 1 aliphatic rings. The number of rotatable bonds is 6. The van der Waals surface area contributed by atoms with Crippen molar-refractivity contribution in [2.24, 2.45) is 0 Å². The predicted octanol–water partition coefficient (Wildman–Crippen LogP) is 1.49. The summed E-state index contributed by atoms with van der Waals surface area (Å²) >= 11 is 0. The molecule has 1 aromatic carbocycles. The first kappa shape index (κ1) is 14.2. The number of hydrogen-bond acceptors (Lipinski definition) is 3. The van der Waals surface area contributed by atoms with Crippen LogP contribution in [0.2, 0.25) is 0 Å². The van der Waals surface area contributed by atoms with Gasteiger partial charge in [0.2, 0.25) is 5.91 Å². The lowest BCUT2D eigenvalue weighted by Gasteiger charge is -2.11.